The van der Waals surface area contributed by atoms with Crippen LogP contribution in [0.4, 0.5) is 17.3 Å². The third kappa shape index (κ3) is 4.42. The van der Waals surface area contributed by atoms with Crippen LogP contribution >= 0.6 is 11.6 Å². The van der Waals surface area contributed by atoms with E-state index in [9.17, 15) is 9.59 Å². The number of anilines is 3. The van der Waals surface area contributed by atoms with Crippen LogP contribution in [0.1, 0.15) is 26.5 Å². The number of methoxy groups -OCH3 is 1. The van der Waals surface area contributed by atoms with Crippen molar-refractivity contribution in [3.63, 3.8) is 0 Å². The fraction of sp³-hybridized carbons (Fsp3) is 0.111. The Kier molecular flexibility index (Phi) is 5.37. The predicted octanol–water partition coefficient (Wildman–Crippen LogP) is 3.81. The number of hydrogen-bond acceptors (Lipinski definition) is 7. The molecular weight excluding hydrogens is 372 g/mol. The van der Waals surface area contributed by atoms with E-state index in [1.165, 1.54) is 31.5 Å². The molecule has 2 aromatic heterocycles. The Hall–Kier alpha value is -3.39. The highest BCUT2D eigenvalue weighted by Crippen LogP contribution is 2.24. The van der Waals surface area contributed by atoms with Crippen molar-refractivity contribution in [3.05, 3.63) is 64.5 Å². The normalized spacial score (nSPS) is 10.3. The molecule has 0 aliphatic rings. The molecule has 138 valence electrons. The van der Waals surface area contributed by atoms with Crippen LogP contribution in [-0.2, 0) is 4.74 Å². The molecule has 2 heterocycles. The highest BCUT2D eigenvalue weighted by atomic mass is 35.5. The van der Waals surface area contributed by atoms with Gasteiger partial charge in [-0.2, -0.15) is 0 Å². The third-order valence-corrected chi connectivity index (χ3v) is 3.88. The molecule has 27 heavy (non-hydrogen) atoms. The molecule has 3 aromatic rings. The minimum absolute atomic E-state index is 0.276. The summed E-state index contributed by atoms with van der Waals surface area (Å²) in [4.78, 5) is 28.2. The minimum Gasteiger partial charge on any atom is -0.465 e. The van der Waals surface area contributed by atoms with Crippen LogP contribution in [0.2, 0.25) is 5.02 Å². The molecule has 0 aliphatic carbocycles. The Morgan fingerprint density at radius 2 is 1.89 bits per heavy atom. The average Bonchev–Trinajstić information content (AvgIpc) is 3.08. The molecule has 0 saturated heterocycles. The van der Waals surface area contributed by atoms with Crippen molar-refractivity contribution in [1.82, 2.24) is 10.1 Å². The zero-order valence-electron chi connectivity index (χ0n) is 14.4. The topological polar surface area (TPSA) is 106 Å². The van der Waals surface area contributed by atoms with Gasteiger partial charge in [-0.15, -0.1) is 0 Å². The molecule has 1 aromatic carbocycles. The van der Waals surface area contributed by atoms with Crippen molar-refractivity contribution >= 4 is 40.8 Å². The van der Waals surface area contributed by atoms with Crippen molar-refractivity contribution < 1.29 is 18.8 Å². The van der Waals surface area contributed by atoms with Crippen LogP contribution in [0.5, 0.6) is 0 Å². The summed E-state index contributed by atoms with van der Waals surface area (Å²) >= 11 is 6.08. The molecule has 0 unspecified atom stereocenters. The van der Waals surface area contributed by atoms with E-state index in [1.807, 2.05) is 0 Å². The zero-order valence-corrected chi connectivity index (χ0v) is 15.2. The van der Waals surface area contributed by atoms with E-state index in [0.717, 1.165) is 0 Å². The van der Waals surface area contributed by atoms with E-state index in [-0.39, 0.29) is 5.56 Å². The molecule has 3 rings (SSSR count). The largest absolute Gasteiger partial charge is 0.465 e. The first-order valence-corrected chi connectivity index (χ1v) is 8.19. The summed E-state index contributed by atoms with van der Waals surface area (Å²) in [6.45, 7) is 1.78. The van der Waals surface area contributed by atoms with Crippen molar-refractivity contribution in [2.75, 3.05) is 17.7 Å². The number of carbonyl (C=O) groups is 2. The summed E-state index contributed by atoms with van der Waals surface area (Å²) in [5, 5.41) is 9.71. The Labute approximate surface area is 159 Å². The average molecular weight is 387 g/mol. The number of hydrogen-bond donors (Lipinski definition) is 2. The van der Waals surface area contributed by atoms with Crippen molar-refractivity contribution in [2.24, 2.45) is 0 Å². The predicted molar refractivity (Wildman–Crippen MR) is 99.5 cm³/mol. The van der Waals surface area contributed by atoms with E-state index in [2.05, 4.69) is 25.5 Å². The molecule has 2 N–H and O–H groups in total. The Balaban J connectivity index is 1.72. The number of esters is 1. The summed E-state index contributed by atoms with van der Waals surface area (Å²) in [5.41, 5.74) is 0.888. The maximum atomic E-state index is 12.4. The van der Waals surface area contributed by atoms with Crippen molar-refractivity contribution in [2.45, 2.75) is 6.92 Å². The highest BCUT2D eigenvalue weighted by molar-refractivity contribution is 6.34. The Morgan fingerprint density at radius 3 is 2.52 bits per heavy atom. The molecule has 0 spiro atoms. The van der Waals surface area contributed by atoms with Crippen molar-refractivity contribution in [3.8, 4) is 0 Å². The number of aryl methyl sites for hydroxylation is 1. The fourth-order valence-corrected chi connectivity index (χ4v) is 2.38. The van der Waals surface area contributed by atoms with Gasteiger partial charge in [0.25, 0.3) is 5.91 Å². The molecule has 0 atom stereocenters. The summed E-state index contributed by atoms with van der Waals surface area (Å²) in [7, 11) is 1.27. The van der Waals surface area contributed by atoms with Crippen LogP contribution in [0.25, 0.3) is 0 Å². The van der Waals surface area contributed by atoms with Gasteiger partial charge in [-0.25, -0.2) is 9.78 Å². The lowest BCUT2D eigenvalue weighted by Crippen LogP contribution is -2.13. The van der Waals surface area contributed by atoms with Crippen LogP contribution in [-0.4, -0.2) is 29.1 Å². The van der Waals surface area contributed by atoms with Gasteiger partial charge in [0.2, 0.25) is 0 Å². The molecule has 1 amide bonds. The first kappa shape index (κ1) is 18.4. The van der Waals surface area contributed by atoms with Gasteiger partial charge in [-0.1, -0.05) is 16.8 Å². The second-order valence-corrected chi connectivity index (χ2v) is 5.93. The van der Waals surface area contributed by atoms with Gasteiger partial charge in [0.05, 0.1) is 28.9 Å². The van der Waals surface area contributed by atoms with Gasteiger partial charge >= 0.3 is 5.97 Å². The lowest BCUT2D eigenvalue weighted by Gasteiger charge is -2.09. The van der Waals surface area contributed by atoms with E-state index in [0.29, 0.717) is 33.7 Å². The zero-order chi connectivity index (χ0) is 19.4. The standard InChI is InChI=1S/C18H15ClN4O4/c1-10-7-16(23-27-10)22-15-6-4-12(9-20-15)17(24)21-14-8-11(18(25)26-2)3-5-13(14)19/h3-9H,1-2H3,(H,21,24)(H,20,22,23). The number of ether oxygens (including phenoxy) is 1. The third-order valence-electron chi connectivity index (χ3n) is 3.55. The summed E-state index contributed by atoms with van der Waals surface area (Å²) in [5.74, 6) is 0.742. The molecule has 0 bridgehead atoms. The van der Waals surface area contributed by atoms with Gasteiger partial charge in [0.1, 0.15) is 11.6 Å². The number of benzene rings is 1. The molecule has 0 saturated carbocycles. The van der Waals surface area contributed by atoms with Crippen LogP contribution < -0.4 is 10.6 Å². The van der Waals surface area contributed by atoms with E-state index in [1.54, 1.807) is 25.1 Å². The van der Waals surface area contributed by atoms with E-state index in [4.69, 9.17) is 16.1 Å². The molecule has 9 heteroatoms. The van der Waals surface area contributed by atoms with E-state index < -0.39 is 11.9 Å². The number of nitrogens with zero attached hydrogens (tertiary/aromatic N) is 2. The maximum absolute atomic E-state index is 12.4. The van der Waals surface area contributed by atoms with E-state index >= 15 is 0 Å². The van der Waals surface area contributed by atoms with Gasteiger partial charge in [-0.05, 0) is 37.3 Å². The second kappa shape index (κ2) is 7.88. The smallest absolute Gasteiger partial charge is 0.337 e. The van der Waals surface area contributed by atoms with Crippen molar-refractivity contribution in [1.29, 1.82) is 0 Å². The number of halogens is 1. The molecular formula is C18H15ClN4O4. The van der Waals surface area contributed by atoms with Gasteiger partial charge < -0.3 is 19.9 Å². The van der Waals surface area contributed by atoms with Gasteiger partial charge in [0.15, 0.2) is 5.82 Å². The lowest BCUT2D eigenvalue weighted by molar-refractivity contribution is 0.0600. The number of nitrogens with one attached hydrogen (secondary N) is 2. The first-order chi connectivity index (χ1) is 13.0. The number of aromatic nitrogens is 2. The number of amides is 1. The first-order valence-electron chi connectivity index (χ1n) is 7.82. The number of rotatable bonds is 5. The fourth-order valence-electron chi connectivity index (χ4n) is 2.22. The quantitative estimate of drug-likeness (QED) is 0.642. The summed E-state index contributed by atoms with van der Waals surface area (Å²) in [6.07, 6.45) is 1.41. The monoisotopic (exact) mass is 386 g/mol. The van der Waals surface area contributed by atoms with Gasteiger partial charge in [-0.3, -0.25) is 4.79 Å². The summed E-state index contributed by atoms with van der Waals surface area (Å²) < 4.78 is 9.62. The molecule has 0 fully saturated rings. The number of pyridine rings is 1. The minimum atomic E-state index is -0.526. The van der Waals surface area contributed by atoms with Gasteiger partial charge in [0, 0.05) is 12.3 Å². The second-order valence-electron chi connectivity index (χ2n) is 5.52. The van der Waals surface area contributed by atoms with Crippen LogP contribution in [0.15, 0.2) is 47.1 Å². The molecule has 8 nitrogen and oxygen atoms in total. The summed E-state index contributed by atoms with van der Waals surface area (Å²) in [6, 6.07) is 9.41. The molecule has 0 radical (unpaired) electrons. The Morgan fingerprint density at radius 1 is 1.11 bits per heavy atom. The van der Waals surface area contributed by atoms with Crippen LogP contribution in [0.3, 0.4) is 0 Å². The number of carbonyl (C=O) groups excluding carboxylic acids is 2. The lowest BCUT2D eigenvalue weighted by atomic mass is 10.2. The van der Waals surface area contributed by atoms with Crippen LogP contribution in [0, 0.1) is 6.92 Å². The highest BCUT2D eigenvalue weighted by Gasteiger charge is 2.13. The maximum Gasteiger partial charge on any atom is 0.337 e. The SMILES string of the molecule is COC(=O)c1ccc(Cl)c(NC(=O)c2ccc(Nc3cc(C)on3)nc2)c1. The Bertz CT molecular complexity index is 985. The molecule has 0 aliphatic heterocycles.